The number of likely N-dealkylation sites (tertiary alicyclic amines) is 1. The highest BCUT2D eigenvalue weighted by Gasteiger charge is 2.39. The van der Waals surface area contributed by atoms with Gasteiger partial charge in [0.15, 0.2) is 0 Å². The van der Waals surface area contributed by atoms with Crippen molar-refractivity contribution in [3.63, 3.8) is 0 Å². The van der Waals surface area contributed by atoms with Gasteiger partial charge in [-0.05, 0) is 60.4 Å². The Balaban J connectivity index is 1.24. The van der Waals surface area contributed by atoms with Crippen LogP contribution < -0.4 is 5.56 Å². The summed E-state index contributed by atoms with van der Waals surface area (Å²) in [6.07, 6.45) is 6.26. The van der Waals surface area contributed by atoms with E-state index >= 15 is 0 Å². The van der Waals surface area contributed by atoms with E-state index in [2.05, 4.69) is 15.5 Å². The third-order valence-corrected chi connectivity index (χ3v) is 7.13. The molecule has 2 unspecified atom stereocenters. The van der Waals surface area contributed by atoms with Gasteiger partial charge in [0.05, 0.1) is 4.92 Å². The van der Waals surface area contributed by atoms with Crippen LogP contribution in [-0.4, -0.2) is 53.6 Å². The molecule has 0 spiro atoms. The summed E-state index contributed by atoms with van der Waals surface area (Å²) in [5.74, 6) is 0.964. The number of rotatable bonds is 4. The van der Waals surface area contributed by atoms with Gasteiger partial charge < -0.3 is 9.47 Å². The average Bonchev–Trinajstić information content (AvgIpc) is 3.27. The largest absolute Gasteiger partial charge is 0.341 e. The number of carbonyl (C=O) groups is 1. The zero-order valence-electron chi connectivity index (χ0n) is 17.2. The van der Waals surface area contributed by atoms with Crippen molar-refractivity contribution in [3.05, 3.63) is 44.6 Å². The van der Waals surface area contributed by atoms with Crippen LogP contribution in [0, 0.1) is 27.9 Å². The number of hydrogen-bond donors (Lipinski definition) is 0. The highest BCUT2D eigenvalue weighted by atomic mass is 16.6. The molecule has 31 heavy (non-hydrogen) atoms. The molecule has 4 heterocycles. The fourth-order valence-corrected chi connectivity index (χ4v) is 5.63. The van der Waals surface area contributed by atoms with Crippen LogP contribution in [0.3, 0.4) is 0 Å². The first kappa shape index (κ1) is 19.8. The van der Waals surface area contributed by atoms with Gasteiger partial charge in [0, 0.05) is 49.8 Å². The van der Waals surface area contributed by atoms with Crippen molar-refractivity contribution in [1.82, 2.24) is 29.7 Å². The molecular formula is C20H25N7O4. The van der Waals surface area contributed by atoms with Crippen molar-refractivity contribution in [1.29, 1.82) is 0 Å². The van der Waals surface area contributed by atoms with E-state index in [9.17, 15) is 19.7 Å². The molecule has 0 radical (unpaired) electrons. The first-order valence-corrected chi connectivity index (χ1v) is 10.9. The normalized spacial score (nSPS) is 27.5. The number of pyridine rings is 1. The molecular weight excluding hydrogens is 402 g/mol. The molecule has 1 aliphatic carbocycles. The van der Waals surface area contributed by atoms with E-state index in [1.807, 2.05) is 4.90 Å². The minimum Gasteiger partial charge on any atom is -0.341 e. The molecule has 5 rings (SSSR count). The van der Waals surface area contributed by atoms with Crippen LogP contribution in [0.15, 0.2) is 23.3 Å². The van der Waals surface area contributed by atoms with E-state index in [-0.39, 0.29) is 29.3 Å². The van der Waals surface area contributed by atoms with Crippen molar-refractivity contribution in [2.24, 2.45) is 17.8 Å². The SMILES string of the molecule is O=C(C1CCC(Cn2cnnn2)CC1)N1CC2CC(C1)c1ccc([N+](=O)[O-])c(=O)n1C2. The molecule has 2 fully saturated rings. The van der Waals surface area contributed by atoms with E-state index in [1.54, 1.807) is 21.6 Å². The Morgan fingerprint density at radius 2 is 1.97 bits per heavy atom. The van der Waals surface area contributed by atoms with Crippen LogP contribution in [0.2, 0.25) is 0 Å². The molecule has 2 atom stereocenters. The number of piperidine rings is 1. The van der Waals surface area contributed by atoms with Gasteiger partial charge in [-0.15, -0.1) is 5.10 Å². The summed E-state index contributed by atoms with van der Waals surface area (Å²) in [7, 11) is 0. The molecule has 2 aromatic heterocycles. The molecule has 11 heteroatoms. The maximum Gasteiger partial charge on any atom is 0.334 e. The van der Waals surface area contributed by atoms with Gasteiger partial charge in [-0.1, -0.05) is 0 Å². The first-order valence-electron chi connectivity index (χ1n) is 10.9. The Morgan fingerprint density at radius 3 is 2.68 bits per heavy atom. The molecule has 1 saturated carbocycles. The maximum atomic E-state index is 13.3. The van der Waals surface area contributed by atoms with Gasteiger partial charge in [-0.25, -0.2) is 4.68 Å². The summed E-state index contributed by atoms with van der Waals surface area (Å²) >= 11 is 0. The van der Waals surface area contributed by atoms with Gasteiger partial charge in [-0.3, -0.25) is 19.7 Å². The molecule has 1 saturated heterocycles. The lowest BCUT2D eigenvalue weighted by Crippen LogP contribution is -2.51. The number of nitro groups is 1. The summed E-state index contributed by atoms with van der Waals surface area (Å²) in [4.78, 5) is 38.2. The smallest absolute Gasteiger partial charge is 0.334 e. The van der Waals surface area contributed by atoms with Crippen LogP contribution in [0.4, 0.5) is 5.69 Å². The Morgan fingerprint density at radius 1 is 1.16 bits per heavy atom. The minimum absolute atomic E-state index is 0.0444. The average molecular weight is 427 g/mol. The second kappa shape index (κ2) is 7.86. The summed E-state index contributed by atoms with van der Waals surface area (Å²) in [6.45, 7) is 2.43. The fraction of sp³-hybridized carbons (Fsp3) is 0.650. The van der Waals surface area contributed by atoms with Crippen LogP contribution in [0.1, 0.15) is 43.7 Å². The van der Waals surface area contributed by atoms with Crippen molar-refractivity contribution >= 4 is 11.6 Å². The van der Waals surface area contributed by atoms with E-state index in [0.29, 0.717) is 25.6 Å². The lowest BCUT2D eigenvalue weighted by Gasteiger charge is -2.44. The van der Waals surface area contributed by atoms with Crippen LogP contribution in [0.5, 0.6) is 0 Å². The van der Waals surface area contributed by atoms with E-state index in [4.69, 9.17) is 0 Å². The van der Waals surface area contributed by atoms with Gasteiger partial charge in [-0.2, -0.15) is 0 Å². The van der Waals surface area contributed by atoms with Gasteiger partial charge in [0.1, 0.15) is 6.33 Å². The summed E-state index contributed by atoms with van der Waals surface area (Å²) in [5, 5.41) is 22.4. The molecule has 11 nitrogen and oxygen atoms in total. The Bertz CT molecular complexity index is 1040. The maximum absolute atomic E-state index is 13.3. The molecule has 164 valence electrons. The number of aromatic nitrogens is 5. The lowest BCUT2D eigenvalue weighted by molar-refractivity contribution is -0.386. The zero-order valence-corrected chi connectivity index (χ0v) is 17.2. The first-order chi connectivity index (χ1) is 15.0. The number of amides is 1. The fourth-order valence-electron chi connectivity index (χ4n) is 5.63. The zero-order chi connectivity index (χ0) is 21.5. The van der Waals surface area contributed by atoms with Crippen molar-refractivity contribution in [3.8, 4) is 0 Å². The second-order valence-electron chi connectivity index (χ2n) is 9.11. The molecule has 2 aromatic rings. The van der Waals surface area contributed by atoms with E-state index in [0.717, 1.165) is 44.3 Å². The highest BCUT2D eigenvalue weighted by molar-refractivity contribution is 5.79. The van der Waals surface area contributed by atoms with E-state index in [1.165, 1.54) is 6.07 Å². The minimum atomic E-state index is -0.619. The number of carbonyl (C=O) groups excluding carboxylic acids is 1. The second-order valence-corrected chi connectivity index (χ2v) is 9.11. The van der Waals surface area contributed by atoms with Crippen molar-refractivity contribution in [2.75, 3.05) is 13.1 Å². The van der Waals surface area contributed by atoms with Crippen molar-refractivity contribution < 1.29 is 9.72 Å². The molecule has 2 bridgehead atoms. The third-order valence-electron chi connectivity index (χ3n) is 7.13. The Hall–Kier alpha value is -3.11. The quantitative estimate of drug-likeness (QED) is 0.529. The van der Waals surface area contributed by atoms with Crippen LogP contribution in [0.25, 0.3) is 0 Å². The topological polar surface area (TPSA) is 129 Å². The van der Waals surface area contributed by atoms with Gasteiger partial charge in [0.2, 0.25) is 5.91 Å². The Kier molecular flexibility index (Phi) is 5.03. The highest BCUT2D eigenvalue weighted by Crippen LogP contribution is 2.38. The monoisotopic (exact) mass is 427 g/mol. The van der Waals surface area contributed by atoms with Gasteiger partial charge >= 0.3 is 11.2 Å². The predicted octanol–water partition coefficient (Wildman–Crippen LogP) is 1.20. The number of nitrogens with zero attached hydrogens (tertiary/aromatic N) is 7. The van der Waals surface area contributed by atoms with E-state index < -0.39 is 10.5 Å². The third kappa shape index (κ3) is 3.72. The number of tetrazole rings is 1. The molecule has 1 amide bonds. The standard InChI is InChI=1S/C20H25N7O4/c28-19(15-3-1-13(2-4-15)9-25-12-21-22-23-25)24-8-14-7-16(11-24)17-5-6-18(27(30)31)20(29)26(17)10-14/h5-6,12-16H,1-4,7-11H2. The molecule has 0 aromatic carbocycles. The van der Waals surface area contributed by atoms with Crippen LogP contribution in [-0.2, 0) is 17.9 Å². The lowest BCUT2D eigenvalue weighted by atomic mass is 9.79. The van der Waals surface area contributed by atoms with Crippen LogP contribution >= 0.6 is 0 Å². The summed E-state index contributed by atoms with van der Waals surface area (Å²) < 4.78 is 3.31. The molecule has 0 N–H and O–H groups in total. The Labute approximate surface area is 178 Å². The molecule has 3 aliphatic rings. The predicted molar refractivity (Wildman–Crippen MR) is 108 cm³/mol. The summed E-state index contributed by atoms with van der Waals surface area (Å²) in [6, 6.07) is 3.00. The summed E-state index contributed by atoms with van der Waals surface area (Å²) in [5.41, 5.74) is -0.0949. The van der Waals surface area contributed by atoms with Crippen molar-refractivity contribution in [2.45, 2.75) is 51.1 Å². The molecule has 2 aliphatic heterocycles. The van der Waals surface area contributed by atoms with Gasteiger partial charge in [0.25, 0.3) is 0 Å². The number of hydrogen-bond acceptors (Lipinski definition) is 7. The number of fused-ring (bicyclic) bond motifs is 4.